The summed E-state index contributed by atoms with van der Waals surface area (Å²) in [5, 5.41) is 9.37. The third kappa shape index (κ3) is 2.72. The Morgan fingerprint density at radius 1 is 1.39 bits per heavy atom. The standard InChI is InChI=1S/C15H21NO2/c1-12(13-7-3-2-4-8-13)15(18)16-10-6-5-9-14(16)11-17/h2-4,7-8,12,14,17H,5-6,9-11H2,1H3. The molecule has 2 unspecified atom stereocenters. The summed E-state index contributed by atoms with van der Waals surface area (Å²) in [6, 6.07) is 9.86. The van der Waals surface area contributed by atoms with Gasteiger partial charge in [0.1, 0.15) is 0 Å². The van der Waals surface area contributed by atoms with Crippen LogP contribution in [0.3, 0.4) is 0 Å². The first-order valence-corrected chi connectivity index (χ1v) is 6.70. The lowest BCUT2D eigenvalue weighted by molar-refractivity contribution is -0.137. The van der Waals surface area contributed by atoms with Gasteiger partial charge in [0.25, 0.3) is 0 Å². The Bertz CT molecular complexity index is 391. The molecule has 0 spiro atoms. The Morgan fingerprint density at radius 3 is 2.78 bits per heavy atom. The molecule has 2 rings (SSSR count). The largest absolute Gasteiger partial charge is 0.394 e. The molecule has 1 amide bonds. The fourth-order valence-electron chi connectivity index (χ4n) is 2.61. The number of rotatable bonds is 3. The van der Waals surface area contributed by atoms with E-state index in [1.165, 1.54) is 0 Å². The number of likely N-dealkylation sites (tertiary alicyclic amines) is 1. The maximum atomic E-state index is 12.5. The second kappa shape index (κ2) is 6.01. The van der Waals surface area contributed by atoms with Crippen molar-refractivity contribution in [1.29, 1.82) is 0 Å². The molecule has 0 aromatic heterocycles. The maximum absolute atomic E-state index is 12.5. The number of carbonyl (C=O) groups excluding carboxylic acids is 1. The van der Waals surface area contributed by atoms with Crippen molar-refractivity contribution in [3.05, 3.63) is 35.9 Å². The monoisotopic (exact) mass is 247 g/mol. The van der Waals surface area contributed by atoms with E-state index in [0.717, 1.165) is 31.4 Å². The Kier molecular flexibility index (Phi) is 4.37. The van der Waals surface area contributed by atoms with E-state index in [1.807, 2.05) is 42.2 Å². The third-order valence-electron chi connectivity index (χ3n) is 3.79. The molecule has 1 aliphatic heterocycles. The van der Waals surface area contributed by atoms with E-state index in [4.69, 9.17) is 0 Å². The van der Waals surface area contributed by atoms with E-state index < -0.39 is 0 Å². The van der Waals surface area contributed by atoms with Crippen LogP contribution in [0.4, 0.5) is 0 Å². The van der Waals surface area contributed by atoms with Crippen LogP contribution in [0.1, 0.15) is 37.7 Å². The summed E-state index contributed by atoms with van der Waals surface area (Å²) in [4.78, 5) is 14.3. The quantitative estimate of drug-likeness (QED) is 0.889. The van der Waals surface area contributed by atoms with E-state index in [-0.39, 0.29) is 24.5 Å². The lowest BCUT2D eigenvalue weighted by Gasteiger charge is -2.36. The first-order chi connectivity index (χ1) is 8.74. The fourth-order valence-corrected chi connectivity index (χ4v) is 2.61. The van der Waals surface area contributed by atoms with Crippen molar-refractivity contribution in [1.82, 2.24) is 4.90 Å². The van der Waals surface area contributed by atoms with Gasteiger partial charge < -0.3 is 10.0 Å². The Labute approximate surface area is 108 Å². The zero-order valence-electron chi connectivity index (χ0n) is 10.9. The Balaban J connectivity index is 2.10. The highest BCUT2D eigenvalue weighted by molar-refractivity contribution is 5.83. The van der Waals surface area contributed by atoms with Crippen LogP contribution in [0.2, 0.25) is 0 Å². The molecule has 3 nitrogen and oxygen atoms in total. The molecule has 1 aromatic rings. The summed E-state index contributed by atoms with van der Waals surface area (Å²) in [5.41, 5.74) is 1.05. The second-order valence-corrected chi connectivity index (χ2v) is 5.00. The number of hydrogen-bond donors (Lipinski definition) is 1. The molecule has 1 heterocycles. The molecule has 0 bridgehead atoms. The minimum Gasteiger partial charge on any atom is -0.394 e. The minimum absolute atomic E-state index is 0.0115. The van der Waals surface area contributed by atoms with E-state index in [1.54, 1.807) is 0 Å². The van der Waals surface area contributed by atoms with Crippen molar-refractivity contribution in [3.8, 4) is 0 Å². The lowest BCUT2D eigenvalue weighted by atomic mass is 9.96. The molecule has 2 atom stereocenters. The molecule has 3 heteroatoms. The van der Waals surface area contributed by atoms with Gasteiger partial charge in [0.15, 0.2) is 0 Å². The predicted octanol–water partition coefficient (Wildman–Crippen LogP) is 2.16. The van der Waals surface area contributed by atoms with Gasteiger partial charge in [-0.3, -0.25) is 4.79 Å². The van der Waals surface area contributed by atoms with Gasteiger partial charge in [-0.05, 0) is 31.7 Å². The van der Waals surface area contributed by atoms with Gasteiger partial charge in [-0.1, -0.05) is 30.3 Å². The normalized spacial score (nSPS) is 21.7. The van der Waals surface area contributed by atoms with Crippen LogP contribution in [0.25, 0.3) is 0 Å². The highest BCUT2D eigenvalue weighted by Crippen LogP contribution is 2.23. The summed E-state index contributed by atoms with van der Waals surface area (Å²) in [6.07, 6.45) is 3.07. The van der Waals surface area contributed by atoms with E-state index in [2.05, 4.69) is 0 Å². The van der Waals surface area contributed by atoms with Gasteiger partial charge in [0, 0.05) is 6.54 Å². The van der Waals surface area contributed by atoms with Gasteiger partial charge in [0.05, 0.1) is 18.6 Å². The molecule has 1 saturated heterocycles. The van der Waals surface area contributed by atoms with E-state index >= 15 is 0 Å². The average Bonchev–Trinajstić information content (AvgIpc) is 2.46. The van der Waals surface area contributed by atoms with Crippen molar-refractivity contribution in [3.63, 3.8) is 0 Å². The number of piperidine rings is 1. The molecule has 98 valence electrons. The van der Waals surface area contributed by atoms with Crippen LogP contribution in [0.15, 0.2) is 30.3 Å². The van der Waals surface area contributed by atoms with Crippen LogP contribution in [0.5, 0.6) is 0 Å². The number of amides is 1. The summed E-state index contributed by atoms with van der Waals surface area (Å²) < 4.78 is 0. The van der Waals surface area contributed by atoms with Gasteiger partial charge in [0.2, 0.25) is 5.91 Å². The zero-order valence-corrected chi connectivity index (χ0v) is 10.9. The molecular weight excluding hydrogens is 226 g/mol. The first kappa shape index (κ1) is 13.1. The highest BCUT2D eigenvalue weighted by atomic mass is 16.3. The fraction of sp³-hybridized carbons (Fsp3) is 0.533. The SMILES string of the molecule is CC(C(=O)N1CCCCC1CO)c1ccccc1. The van der Waals surface area contributed by atoms with E-state index in [9.17, 15) is 9.90 Å². The summed E-state index contributed by atoms with van der Waals surface area (Å²) >= 11 is 0. The number of nitrogens with zero attached hydrogens (tertiary/aromatic N) is 1. The predicted molar refractivity (Wildman–Crippen MR) is 71.3 cm³/mol. The van der Waals surface area contributed by atoms with Crippen molar-refractivity contribution >= 4 is 5.91 Å². The molecule has 1 N–H and O–H groups in total. The Hall–Kier alpha value is -1.35. The maximum Gasteiger partial charge on any atom is 0.230 e. The third-order valence-corrected chi connectivity index (χ3v) is 3.79. The molecule has 1 aromatic carbocycles. The topological polar surface area (TPSA) is 40.5 Å². The van der Waals surface area contributed by atoms with Gasteiger partial charge >= 0.3 is 0 Å². The summed E-state index contributed by atoms with van der Waals surface area (Å²) in [7, 11) is 0. The molecule has 0 saturated carbocycles. The number of hydrogen-bond acceptors (Lipinski definition) is 2. The first-order valence-electron chi connectivity index (χ1n) is 6.70. The molecule has 1 fully saturated rings. The lowest BCUT2D eigenvalue weighted by Crippen LogP contribution is -2.47. The smallest absolute Gasteiger partial charge is 0.230 e. The summed E-state index contributed by atoms with van der Waals surface area (Å²) in [6.45, 7) is 2.80. The van der Waals surface area contributed by atoms with Gasteiger partial charge in [-0.2, -0.15) is 0 Å². The minimum atomic E-state index is -0.127. The number of aliphatic hydroxyl groups is 1. The number of carbonyl (C=O) groups is 1. The van der Waals surface area contributed by atoms with Crippen molar-refractivity contribution in [2.24, 2.45) is 0 Å². The van der Waals surface area contributed by atoms with Gasteiger partial charge in [-0.25, -0.2) is 0 Å². The van der Waals surface area contributed by atoms with Crippen LogP contribution in [-0.4, -0.2) is 35.1 Å². The molecule has 1 aliphatic rings. The van der Waals surface area contributed by atoms with Crippen molar-refractivity contribution in [2.45, 2.75) is 38.1 Å². The molecular formula is C15H21NO2. The van der Waals surface area contributed by atoms with Crippen molar-refractivity contribution in [2.75, 3.05) is 13.2 Å². The van der Waals surface area contributed by atoms with Crippen LogP contribution in [-0.2, 0) is 4.79 Å². The average molecular weight is 247 g/mol. The van der Waals surface area contributed by atoms with Crippen LogP contribution < -0.4 is 0 Å². The second-order valence-electron chi connectivity index (χ2n) is 5.00. The van der Waals surface area contributed by atoms with E-state index in [0.29, 0.717) is 0 Å². The number of benzene rings is 1. The highest BCUT2D eigenvalue weighted by Gasteiger charge is 2.29. The number of aliphatic hydroxyl groups excluding tert-OH is 1. The molecule has 0 radical (unpaired) electrons. The Morgan fingerprint density at radius 2 is 2.11 bits per heavy atom. The van der Waals surface area contributed by atoms with Crippen LogP contribution >= 0.6 is 0 Å². The summed E-state index contributed by atoms with van der Waals surface area (Å²) in [5.74, 6) is 0.0123. The van der Waals surface area contributed by atoms with Gasteiger partial charge in [-0.15, -0.1) is 0 Å². The molecule has 0 aliphatic carbocycles. The molecule has 18 heavy (non-hydrogen) atoms. The zero-order chi connectivity index (χ0) is 13.0. The van der Waals surface area contributed by atoms with Crippen LogP contribution in [0, 0.1) is 0 Å². The van der Waals surface area contributed by atoms with Crippen molar-refractivity contribution < 1.29 is 9.90 Å².